The molecular formula is C13H17NO2. The third kappa shape index (κ3) is 3.85. The average Bonchev–Trinajstić information content (AvgIpc) is 2.27. The minimum Gasteiger partial charge on any atom is -0.508 e. The van der Waals surface area contributed by atoms with Gasteiger partial charge in [0.2, 0.25) is 0 Å². The lowest BCUT2D eigenvalue weighted by molar-refractivity contribution is 0.1000. The summed E-state index contributed by atoms with van der Waals surface area (Å²) in [5, 5.41) is 16.7. The summed E-state index contributed by atoms with van der Waals surface area (Å²) in [6.45, 7) is 2.06. The van der Waals surface area contributed by atoms with Crippen LogP contribution in [0.2, 0.25) is 0 Å². The molecule has 16 heavy (non-hydrogen) atoms. The van der Waals surface area contributed by atoms with Gasteiger partial charge in [0.05, 0.1) is 0 Å². The molecule has 0 aliphatic heterocycles. The molecule has 3 heteroatoms. The molecular weight excluding hydrogens is 202 g/mol. The van der Waals surface area contributed by atoms with E-state index in [2.05, 4.69) is 6.92 Å². The van der Waals surface area contributed by atoms with Gasteiger partial charge in [0.15, 0.2) is 5.78 Å². The summed E-state index contributed by atoms with van der Waals surface area (Å²) >= 11 is 0. The number of Topliss-reactive ketones (excluding diaryl/α,β-unsaturated/α-hetero) is 1. The molecule has 0 aromatic heterocycles. The van der Waals surface area contributed by atoms with Crippen molar-refractivity contribution in [1.29, 1.82) is 5.41 Å². The number of nitrogens with one attached hydrogen (secondary N) is 1. The summed E-state index contributed by atoms with van der Waals surface area (Å²) in [7, 11) is 0. The topological polar surface area (TPSA) is 61.2 Å². The van der Waals surface area contributed by atoms with Gasteiger partial charge in [-0.3, -0.25) is 4.79 Å². The van der Waals surface area contributed by atoms with Gasteiger partial charge >= 0.3 is 0 Å². The molecule has 0 atom stereocenters. The first-order chi connectivity index (χ1) is 7.63. The highest BCUT2D eigenvalue weighted by molar-refractivity contribution is 6.08. The van der Waals surface area contributed by atoms with Crippen LogP contribution in [0.15, 0.2) is 24.3 Å². The van der Waals surface area contributed by atoms with E-state index < -0.39 is 0 Å². The number of phenolic OH excluding ortho intramolecular Hbond substituents is 1. The highest BCUT2D eigenvalue weighted by Crippen LogP contribution is 2.12. The van der Waals surface area contributed by atoms with Crippen molar-refractivity contribution in [3.63, 3.8) is 0 Å². The van der Waals surface area contributed by atoms with E-state index in [0.717, 1.165) is 12.8 Å². The first-order valence-electron chi connectivity index (χ1n) is 5.52. The Bertz CT molecular complexity index is 368. The van der Waals surface area contributed by atoms with Crippen molar-refractivity contribution in [3.05, 3.63) is 29.8 Å². The van der Waals surface area contributed by atoms with E-state index in [4.69, 9.17) is 10.5 Å². The Balaban J connectivity index is 2.52. The molecule has 0 spiro atoms. The van der Waals surface area contributed by atoms with Crippen molar-refractivity contribution in [1.82, 2.24) is 0 Å². The molecule has 3 nitrogen and oxygen atoms in total. The Kier molecular flexibility index (Phi) is 4.70. The van der Waals surface area contributed by atoms with Crippen LogP contribution in [0.5, 0.6) is 5.75 Å². The minimum absolute atomic E-state index is 0.0545. The van der Waals surface area contributed by atoms with E-state index in [1.807, 2.05) is 0 Å². The Morgan fingerprint density at radius 3 is 2.50 bits per heavy atom. The largest absolute Gasteiger partial charge is 0.508 e. The van der Waals surface area contributed by atoms with Crippen LogP contribution in [0.4, 0.5) is 0 Å². The quantitative estimate of drug-likeness (QED) is 0.570. The molecule has 0 saturated carbocycles. The number of carbonyl (C=O) groups is 1. The number of carbonyl (C=O) groups excluding carboxylic acids is 1. The molecule has 0 saturated heterocycles. The molecule has 1 aromatic rings. The van der Waals surface area contributed by atoms with Gasteiger partial charge in [0, 0.05) is 17.7 Å². The van der Waals surface area contributed by atoms with Gasteiger partial charge in [0.1, 0.15) is 5.75 Å². The number of benzene rings is 1. The number of hydrogen-bond acceptors (Lipinski definition) is 3. The van der Waals surface area contributed by atoms with Gasteiger partial charge in [-0.15, -0.1) is 0 Å². The summed E-state index contributed by atoms with van der Waals surface area (Å²) in [6, 6.07) is 6.15. The number of phenols is 1. The third-order valence-corrected chi connectivity index (χ3v) is 2.40. The summed E-state index contributed by atoms with van der Waals surface area (Å²) in [5.41, 5.74) is 1.04. The fourth-order valence-corrected chi connectivity index (χ4v) is 1.42. The molecule has 0 amide bonds. The minimum atomic E-state index is -0.0545. The highest BCUT2D eigenvalue weighted by Gasteiger charge is 2.08. The van der Waals surface area contributed by atoms with Crippen LogP contribution in [0, 0.1) is 5.41 Å². The molecule has 0 unspecified atom stereocenters. The second-order valence-electron chi connectivity index (χ2n) is 3.85. The molecule has 0 aliphatic rings. The summed E-state index contributed by atoms with van der Waals surface area (Å²) in [5.74, 6) is 0.0960. The third-order valence-electron chi connectivity index (χ3n) is 2.40. The fourth-order valence-electron chi connectivity index (χ4n) is 1.42. The fraction of sp³-hybridized carbons (Fsp3) is 0.385. The molecule has 86 valence electrons. The van der Waals surface area contributed by atoms with E-state index in [1.165, 1.54) is 12.1 Å². The van der Waals surface area contributed by atoms with Crippen molar-refractivity contribution in [2.24, 2.45) is 0 Å². The van der Waals surface area contributed by atoms with Crippen LogP contribution in [0.3, 0.4) is 0 Å². The van der Waals surface area contributed by atoms with Crippen LogP contribution in [0.25, 0.3) is 0 Å². The zero-order valence-electron chi connectivity index (χ0n) is 9.49. The predicted molar refractivity (Wildman–Crippen MR) is 64.3 cm³/mol. The Morgan fingerprint density at radius 2 is 1.94 bits per heavy atom. The van der Waals surface area contributed by atoms with E-state index in [9.17, 15) is 4.79 Å². The van der Waals surface area contributed by atoms with Gasteiger partial charge in [-0.25, -0.2) is 0 Å². The highest BCUT2D eigenvalue weighted by atomic mass is 16.3. The van der Waals surface area contributed by atoms with Gasteiger partial charge in [-0.1, -0.05) is 13.3 Å². The molecule has 1 rings (SSSR count). The number of ketones is 1. The first kappa shape index (κ1) is 12.4. The molecule has 0 bridgehead atoms. The summed E-state index contributed by atoms with van der Waals surface area (Å²) in [4.78, 5) is 11.7. The molecule has 1 aromatic carbocycles. The van der Waals surface area contributed by atoms with E-state index in [1.54, 1.807) is 12.1 Å². The van der Waals surface area contributed by atoms with Crippen molar-refractivity contribution in [2.75, 3.05) is 0 Å². The zero-order valence-corrected chi connectivity index (χ0v) is 9.49. The zero-order chi connectivity index (χ0) is 12.0. The van der Waals surface area contributed by atoms with Gasteiger partial charge < -0.3 is 10.5 Å². The van der Waals surface area contributed by atoms with E-state index in [-0.39, 0.29) is 18.0 Å². The smallest absolute Gasteiger partial charge is 0.168 e. The molecule has 0 radical (unpaired) electrons. The molecule has 0 heterocycles. The number of aromatic hydroxyl groups is 1. The van der Waals surface area contributed by atoms with Crippen molar-refractivity contribution < 1.29 is 9.90 Å². The molecule has 2 N–H and O–H groups in total. The summed E-state index contributed by atoms with van der Waals surface area (Å²) < 4.78 is 0. The maximum atomic E-state index is 11.7. The Labute approximate surface area is 95.6 Å². The average molecular weight is 219 g/mol. The van der Waals surface area contributed by atoms with Crippen LogP contribution in [-0.4, -0.2) is 16.6 Å². The SMILES string of the molecule is CCCCC(=N)CC(=O)c1ccc(O)cc1. The number of hydrogen-bond donors (Lipinski definition) is 2. The van der Waals surface area contributed by atoms with Crippen LogP contribution in [0.1, 0.15) is 43.0 Å². The lowest BCUT2D eigenvalue weighted by atomic mass is 10.0. The maximum Gasteiger partial charge on any atom is 0.168 e. The van der Waals surface area contributed by atoms with Crippen LogP contribution >= 0.6 is 0 Å². The lowest BCUT2D eigenvalue weighted by Crippen LogP contribution is -2.07. The first-order valence-corrected chi connectivity index (χ1v) is 5.52. The van der Waals surface area contributed by atoms with Gasteiger partial charge in [-0.2, -0.15) is 0 Å². The predicted octanol–water partition coefficient (Wildman–Crippen LogP) is 3.17. The van der Waals surface area contributed by atoms with E-state index >= 15 is 0 Å². The van der Waals surface area contributed by atoms with Crippen LogP contribution < -0.4 is 0 Å². The normalized spacial score (nSPS) is 10.1. The monoisotopic (exact) mass is 219 g/mol. The number of rotatable bonds is 6. The second kappa shape index (κ2) is 6.05. The van der Waals surface area contributed by atoms with Crippen molar-refractivity contribution >= 4 is 11.5 Å². The standard InChI is InChI=1S/C13H17NO2/c1-2-3-4-11(14)9-13(16)10-5-7-12(15)8-6-10/h5-8,14-15H,2-4,9H2,1H3. The lowest BCUT2D eigenvalue weighted by Gasteiger charge is -2.03. The Morgan fingerprint density at radius 1 is 1.31 bits per heavy atom. The van der Waals surface area contributed by atoms with E-state index in [0.29, 0.717) is 17.7 Å². The Hall–Kier alpha value is -1.64. The number of unbranched alkanes of at least 4 members (excludes halogenated alkanes) is 1. The van der Waals surface area contributed by atoms with Crippen molar-refractivity contribution in [3.8, 4) is 5.75 Å². The molecule has 0 aliphatic carbocycles. The van der Waals surface area contributed by atoms with Gasteiger partial charge in [-0.05, 0) is 37.1 Å². The maximum absolute atomic E-state index is 11.7. The van der Waals surface area contributed by atoms with Crippen molar-refractivity contribution in [2.45, 2.75) is 32.6 Å². The van der Waals surface area contributed by atoms with Crippen LogP contribution in [-0.2, 0) is 0 Å². The molecule has 0 fully saturated rings. The second-order valence-corrected chi connectivity index (χ2v) is 3.85. The summed E-state index contributed by atoms with van der Waals surface area (Å²) in [6.07, 6.45) is 2.88. The van der Waals surface area contributed by atoms with Gasteiger partial charge in [0.25, 0.3) is 0 Å².